The van der Waals surface area contributed by atoms with Crippen molar-refractivity contribution in [3.63, 3.8) is 0 Å². The zero-order chi connectivity index (χ0) is 25.0. The van der Waals surface area contributed by atoms with Gasteiger partial charge in [0.05, 0.1) is 0 Å². The van der Waals surface area contributed by atoms with Gasteiger partial charge in [-0.3, -0.25) is 4.79 Å². The molecule has 7 heteroatoms. The number of unbranched alkanes of at least 4 members (excludes halogenated alkanes) is 1. The average Bonchev–Trinajstić information content (AvgIpc) is 3.15. The van der Waals surface area contributed by atoms with E-state index < -0.39 is 23.5 Å². The van der Waals surface area contributed by atoms with Gasteiger partial charge < -0.3 is 20.1 Å². The van der Waals surface area contributed by atoms with Gasteiger partial charge in [0.2, 0.25) is 5.91 Å². The monoisotopic (exact) mass is 478 g/mol. The summed E-state index contributed by atoms with van der Waals surface area (Å²) >= 11 is 0. The zero-order valence-corrected chi connectivity index (χ0v) is 20.5. The number of carbonyl (C=O) groups is 3. The molecule has 2 aromatic carbocycles. The lowest BCUT2D eigenvalue weighted by Crippen LogP contribution is -2.56. The van der Waals surface area contributed by atoms with Crippen LogP contribution in [0.5, 0.6) is 0 Å². The second-order valence-corrected chi connectivity index (χ2v) is 10.1. The number of likely N-dealkylation sites (tertiary alicyclic amines) is 1. The summed E-state index contributed by atoms with van der Waals surface area (Å²) in [5, 5.41) is 12.4. The highest BCUT2D eigenvalue weighted by Gasteiger charge is 2.44. The number of hydrogen-bond acceptors (Lipinski definition) is 4. The molecule has 2 aliphatic rings. The Labute approximate surface area is 206 Å². The lowest BCUT2D eigenvalue weighted by atomic mass is 9.76. The minimum atomic E-state index is -0.944. The Balaban J connectivity index is 1.20. The van der Waals surface area contributed by atoms with Crippen molar-refractivity contribution in [3.05, 3.63) is 59.7 Å². The lowest BCUT2D eigenvalue weighted by molar-refractivity contribution is -0.158. The Morgan fingerprint density at radius 2 is 1.66 bits per heavy atom. The third-order valence-corrected chi connectivity index (χ3v) is 7.26. The third kappa shape index (κ3) is 5.34. The van der Waals surface area contributed by atoms with Gasteiger partial charge in [-0.1, -0.05) is 62.4 Å². The van der Waals surface area contributed by atoms with E-state index in [4.69, 9.17) is 4.74 Å². The van der Waals surface area contributed by atoms with Gasteiger partial charge in [-0.25, -0.2) is 9.59 Å². The molecule has 1 unspecified atom stereocenters. The van der Waals surface area contributed by atoms with E-state index in [0.717, 1.165) is 12.8 Å². The van der Waals surface area contributed by atoms with Gasteiger partial charge in [0.25, 0.3) is 0 Å². The molecule has 1 aliphatic heterocycles. The molecule has 0 bridgehead atoms. The molecule has 1 aliphatic carbocycles. The third-order valence-electron chi connectivity index (χ3n) is 7.26. The Kier molecular flexibility index (Phi) is 7.43. The van der Waals surface area contributed by atoms with Gasteiger partial charge in [-0.2, -0.15) is 0 Å². The fourth-order valence-corrected chi connectivity index (χ4v) is 5.51. The second-order valence-electron chi connectivity index (χ2n) is 10.1. The fraction of sp³-hybridized carbons (Fsp3) is 0.464. The van der Waals surface area contributed by atoms with Crippen molar-refractivity contribution in [2.24, 2.45) is 5.41 Å². The first-order valence-electron chi connectivity index (χ1n) is 12.4. The van der Waals surface area contributed by atoms with E-state index in [2.05, 4.69) is 29.6 Å². The van der Waals surface area contributed by atoms with E-state index >= 15 is 0 Å². The minimum absolute atomic E-state index is 0.0155. The molecule has 1 heterocycles. The van der Waals surface area contributed by atoms with E-state index in [1.165, 1.54) is 27.2 Å². The van der Waals surface area contributed by atoms with Crippen molar-refractivity contribution >= 4 is 18.0 Å². The van der Waals surface area contributed by atoms with Crippen LogP contribution in [0.15, 0.2) is 48.5 Å². The Hall–Kier alpha value is -3.35. The summed E-state index contributed by atoms with van der Waals surface area (Å²) in [5.41, 5.74) is 4.26. The number of amides is 2. The van der Waals surface area contributed by atoms with Crippen molar-refractivity contribution in [2.75, 3.05) is 19.7 Å². The number of carboxylic acids is 1. The van der Waals surface area contributed by atoms with Crippen molar-refractivity contribution in [1.29, 1.82) is 0 Å². The maximum atomic E-state index is 12.7. The molecular weight excluding hydrogens is 444 g/mol. The zero-order valence-electron chi connectivity index (χ0n) is 20.5. The molecule has 0 spiro atoms. The van der Waals surface area contributed by atoms with Crippen LogP contribution >= 0.6 is 0 Å². The normalized spacial score (nSPS) is 18.5. The summed E-state index contributed by atoms with van der Waals surface area (Å²) in [6.45, 7) is 4.96. The molecule has 0 aromatic heterocycles. The molecule has 2 amide bonds. The fourth-order valence-electron chi connectivity index (χ4n) is 5.51. The van der Waals surface area contributed by atoms with Crippen LogP contribution in [0, 0.1) is 5.41 Å². The van der Waals surface area contributed by atoms with Crippen LogP contribution in [-0.4, -0.2) is 53.7 Å². The average molecular weight is 479 g/mol. The van der Waals surface area contributed by atoms with Crippen LogP contribution in [0.4, 0.5) is 4.79 Å². The number of hydrogen-bond donors (Lipinski definition) is 2. The second kappa shape index (κ2) is 10.5. The van der Waals surface area contributed by atoms with Crippen molar-refractivity contribution in [2.45, 2.75) is 57.9 Å². The quantitative estimate of drug-likeness (QED) is 0.532. The maximum Gasteiger partial charge on any atom is 0.407 e. The molecule has 186 valence electrons. The molecule has 0 saturated carbocycles. The smallest absolute Gasteiger partial charge is 0.407 e. The van der Waals surface area contributed by atoms with Crippen LogP contribution in [0.3, 0.4) is 0 Å². The van der Waals surface area contributed by atoms with Crippen molar-refractivity contribution in [1.82, 2.24) is 10.2 Å². The number of fused-ring (bicyclic) bond motifs is 3. The first kappa shape index (κ1) is 24.8. The van der Waals surface area contributed by atoms with Crippen molar-refractivity contribution < 1.29 is 24.2 Å². The minimum Gasteiger partial charge on any atom is -0.480 e. The van der Waals surface area contributed by atoms with Gasteiger partial charge in [-0.05, 0) is 53.4 Å². The molecule has 35 heavy (non-hydrogen) atoms. The van der Waals surface area contributed by atoms with Gasteiger partial charge in [-0.15, -0.1) is 0 Å². The van der Waals surface area contributed by atoms with Crippen LogP contribution < -0.4 is 5.32 Å². The van der Waals surface area contributed by atoms with E-state index in [9.17, 15) is 19.5 Å². The number of carboxylic acid groups (broad SMARTS) is 1. The predicted octanol–water partition coefficient (Wildman–Crippen LogP) is 4.80. The Bertz CT molecular complexity index is 1050. The van der Waals surface area contributed by atoms with Gasteiger partial charge in [0.15, 0.2) is 0 Å². The van der Waals surface area contributed by atoms with Crippen LogP contribution in [0.25, 0.3) is 11.1 Å². The number of nitrogens with zero attached hydrogens (tertiary/aromatic N) is 1. The molecule has 1 fully saturated rings. The standard InChI is InChI=1S/C28H34N2O5/c1-28(2)15-9-17-30(25(28)26(32)33)24(31)14-7-8-16-29-27(34)35-18-23-21-12-5-3-10-19(21)20-11-4-6-13-22(20)23/h3-6,10-13,23,25H,7-9,14-18H2,1-2H3,(H,29,34)(H,32,33). The molecule has 7 nitrogen and oxygen atoms in total. The number of benzene rings is 2. The summed E-state index contributed by atoms with van der Waals surface area (Å²) in [4.78, 5) is 38.3. The number of carbonyl (C=O) groups excluding carboxylic acids is 2. The highest BCUT2D eigenvalue weighted by atomic mass is 16.5. The van der Waals surface area contributed by atoms with Gasteiger partial charge in [0.1, 0.15) is 12.6 Å². The maximum absolute atomic E-state index is 12.7. The number of ether oxygens (including phenoxy) is 1. The largest absolute Gasteiger partial charge is 0.480 e. The number of piperidine rings is 1. The summed E-state index contributed by atoms with van der Waals surface area (Å²) in [6, 6.07) is 15.6. The summed E-state index contributed by atoms with van der Waals surface area (Å²) in [6.07, 6.45) is 2.59. The Morgan fingerprint density at radius 3 is 2.29 bits per heavy atom. The van der Waals surface area contributed by atoms with Crippen LogP contribution in [0.1, 0.15) is 63.0 Å². The number of alkyl carbamates (subject to hydrolysis) is 1. The molecule has 1 saturated heterocycles. The SMILES string of the molecule is CC1(C)CCCN(C(=O)CCCCNC(=O)OCC2c3ccccc3-c3ccccc32)C1C(=O)O. The highest BCUT2D eigenvalue weighted by molar-refractivity contribution is 5.84. The molecule has 0 radical (unpaired) electrons. The number of rotatable bonds is 8. The summed E-state index contributed by atoms with van der Waals surface area (Å²) in [5.74, 6) is -1.06. The first-order chi connectivity index (χ1) is 16.8. The number of aliphatic carboxylic acids is 1. The summed E-state index contributed by atoms with van der Waals surface area (Å²) < 4.78 is 5.54. The van der Waals surface area contributed by atoms with E-state index in [-0.39, 0.29) is 24.9 Å². The highest BCUT2D eigenvalue weighted by Crippen LogP contribution is 2.44. The molecular formula is C28H34N2O5. The predicted molar refractivity (Wildman–Crippen MR) is 133 cm³/mol. The van der Waals surface area contributed by atoms with Gasteiger partial charge in [0, 0.05) is 25.4 Å². The van der Waals surface area contributed by atoms with Gasteiger partial charge >= 0.3 is 12.1 Å². The number of nitrogens with one attached hydrogen (secondary N) is 1. The van der Waals surface area contributed by atoms with Crippen LogP contribution in [-0.2, 0) is 14.3 Å². The van der Waals surface area contributed by atoms with Crippen molar-refractivity contribution in [3.8, 4) is 11.1 Å². The molecule has 2 aromatic rings. The van der Waals surface area contributed by atoms with E-state index in [1.807, 2.05) is 38.1 Å². The molecule has 2 N–H and O–H groups in total. The van der Waals surface area contributed by atoms with E-state index in [1.54, 1.807) is 0 Å². The Morgan fingerprint density at radius 1 is 1.03 bits per heavy atom. The van der Waals surface area contributed by atoms with Crippen LogP contribution in [0.2, 0.25) is 0 Å². The molecule has 4 rings (SSSR count). The summed E-state index contributed by atoms with van der Waals surface area (Å²) in [7, 11) is 0. The topological polar surface area (TPSA) is 95.9 Å². The lowest BCUT2D eigenvalue weighted by Gasteiger charge is -2.44. The van der Waals surface area contributed by atoms with E-state index in [0.29, 0.717) is 25.9 Å². The first-order valence-corrected chi connectivity index (χ1v) is 12.4. The molecule has 1 atom stereocenters.